The topological polar surface area (TPSA) is 111 Å². The first-order valence-corrected chi connectivity index (χ1v) is 8.81. The van der Waals surface area contributed by atoms with E-state index in [0.717, 1.165) is 21.8 Å². The number of nitro groups is 1. The van der Waals surface area contributed by atoms with Gasteiger partial charge in [0.2, 0.25) is 0 Å². The number of esters is 1. The maximum atomic E-state index is 12.1. The van der Waals surface area contributed by atoms with Crippen molar-refractivity contribution in [3.63, 3.8) is 0 Å². The zero-order chi connectivity index (χ0) is 19.6. The summed E-state index contributed by atoms with van der Waals surface area (Å²) in [5, 5.41) is 14.0. The van der Waals surface area contributed by atoms with Crippen LogP contribution < -0.4 is 5.32 Å². The zero-order valence-electron chi connectivity index (χ0n) is 13.9. The van der Waals surface area contributed by atoms with Crippen LogP contribution in [0.25, 0.3) is 10.2 Å². The van der Waals surface area contributed by atoms with Crippen molar-refractivity contribution in [1.29, 1.82) is 0 Å². The third kappa shape index (κ3) is 4.39. The van der Waals surface area contributed by atoms with Gasteiger partial charge in [0, 0.05) is 11.1 Å². The van der Waals surface area contributed by atoms with Crippen molar-refractivity contribution in [2.45, 2.75) is 6.92 Å². The summed E-state index contributed by atoms with van der Waals surface area (Å²) in [5.41, 5.74) is 1.04. The Labute approximate surface area is 161 Å². The normalized spacial score (nSPS) is 10.6. The number of aryl methyl sites for hydroxylation is 1. The molecule has 2 aromatic carbocycles. The standard InChI is InChI=1S/C17H12ClN3O5S/c1-9-2-5-12-14(6-9)27-17(19-12)20-15(22)8-26-16(23)11-4-3-10(18)7-13(11)21(24)25/h2-7H,8H2,1H3,(H,19,20,22). The van der Waals surface area contributed by atoms with Crippen LogP contribution in [0.5, 0.6) is 0 Å². The average molecular weight is 406 g/mol. The van der Waals surface area contributed by atoms with Gasteiger partial charge in [-0.05, 0) is 36.8 Å². The molecule has 1 aromatic heterocycles. The van der Waals surface area contributed by atoms with E-state index in [0.29, 0.717) is 5.13 Å². The van der Waals surface area contributed by atoms with Gasteiger partial charge in [-0.3, -0.25) is 20.2 Å². The van der Waals surface area contributed by atoms with E-state index in [-0.39, 0.29) is 10.6 Å². The van der Waals surface area contributed by atoms with Gasteiger partial charge in [-0.2, -0.15) is 0 Å². The number of nitro benzene ring substituents is 1. The largest absolute Gasteiger partial charge is 0.452 e. The summed E-state index contributed by atoms with van der Waals surface area (Å²) in [6, 6.07) is 9.25. The van der Waals surface area contributed by atoms with E-state index in [9.17, 15) is 19.7 Å². The number of thiazole rings is 1. The number of fused-ring (bicyclic) bond motifs is 1. The van der Waals surface area contributed by atoms with Crippen LogP contribution in [0, 0.1) is 17.0 Å². The number of hydrogen-bond acceptors (Lipinski definition) is 7. The number of ether oxygens (including phenoxy) is 1. The number of amides is 1. The molecule has 0 aliphatic heterocycles. The summed E-state index contributed by atoms with van der Waals surface area (Å²) in [7, 11) is 0. The third-order valence-corrected chi connectivity index (χ3v) is 4.67. The molecule has 0 atom stereocenters. The fraction of sp³-hybridized carbons (Fsp3) is 0.118. The third-order valence-electron chi connectivity index (χ3n) is 3.50. The number of nitrogens with one attached hydrogen (secondary N) is 1. The Morgan fingerprint density at radius 3 is 2.81 bits per heavy atom. The molecular weight excluding hydrogens is 394 g/mol. The van der Waals surface area contributed by atoms with E-state index in [2.05, 4.69) is 10.3 Å². The van der Waals surface area contributed by atoms with Crippen LogP contribution in [-0.4, -0.2) is 28.4 Å². The van der Waals surface area contributed by atoms with E-state index in [1.165, 1.54) is 23.5 Å². The minimum Gasteiger partial charge on any atom is -0.452 e. The van der Waals surface area contributed by atoms with E-state index < -0.39 is 29.1 Å². The first-order chi connectivity index (χ1) is 12.8. The molecule has 0 unspecified atom stereocenters. The molecule has 1 heterocycles. The molecule has 0 bridgehead atoms. The molecule has 0 aliphatic rings. The molecule has 3 aromatic rings. The number of hydrogen-bond donors (Lipinski definition) is 1. The van der Waals surface area contributed by atoms with Crippen LogP contribution in [-0.2, 0) is 9.53 Å². The van der Waals surface area contributed by atoms with Gasteiger partial charge in [0.25, 0.3) is 11.6 Å². The molecule has 0 saturated carbocycles. The molecule has 138 valence electrons. The van der Waals surface area contributed by atoms with Crippen LogP contribution >= 0.6 is 22.9 Å². The summed E-state index contributed by atoms with van der Waals surface area (Å²) >= 11 is 6.99. The lowest BCUT2D eigenvalue weighted by molar-refractivity contribution is -0.385. The smallest absolute Gasteiger partial charge is 0.345 e. The highest BCUT2D eigenvalue weighted by Gasteiger charge is 2.22. The van der Waals surface area contributed by atoms with Crippen LogP contribution in [0.15, 0.2) is 36.4 Å². The molecule has 3 rings (SSSR count). The summed E-state index contributed by atoms with van der Waals surface area (Å²) < 4.78 is 5.78. The van der Waals surface area contributed by atoms with Crippen LogP contribution in [0.2, 0.25) is 5.02 Å². The van der Waals surface area contributed by atoms with Gasteiger partial charge in [-0.1, -0.05) is 29.0 Å². The number of rotatable bonds is 5. The molecule has 1 amide bonds. The zero-order valence-corrected chi connectivity index (χ0v) is 15.5. The first-order valence-electron chi connectivity index (χ1n) is 7.61. The van der Waals surface area contributed by atoms with E-state index in [4.69, 9.17) is 16.3 Å². The number of anilines is 1. The Hall–Kier alpha value is -3.04. The minimum atomic E-state index is -0.992. The average Bonchev–Trinajstić information content (AvgIpc) is 3.00. The number of halogens is 1. The molecule has 1 N–H and O–H groups in total. The number of carbonyl (C=O) groups is 2. The Morgan fingerprint density at radius 1 is 1.30 bits per heavy atom. The summed E-state index contributed by atoms with van der Waals surface area (Å²) in [6.45, 7) is 1.35. The molecule has 0 saturated heterocycles. The Kier molecular flexibility index (Phi) is 5.33. The van der Waals surface area contributed by atoms with Crippen molar-refractivity contribution in [1.82, 2.24) is 4.98 Å². The lowest BCUT2D eigenvalue weighted by Crippen LogP contribution is -2.21. The molecule has 0 fully saturated rings. The highest BCUT2D eigenvalue weighted by molar-refractivity contribution is 7.22. The Balaban J connectivity index is 1.65. The lowest BCUT2D eigenvalue weighted by atomic mass is 10.2. The lowest BCUT2D eigenvalue weighted by Gasteiger charge is -2.05. The van der Waals surface area contributed by atoms with Gasteiger partial charge < -0.3 is 4.74 Å². The van der Waals surface area contributed by atoms with Crippen LogP contribution in [0.1, 0.15) is 15.9 Å². The molecule has 27 heavy (non-hydrogen) atoms. The predicted octanol–water partition coefficient (Wildman–Crippen LogP) is 3.96. The minimum absolute atomic E-state index is 0.113. The number of aromatic nitrogens is 1. The number of nitrogens with zero attached hydrogens (tertiary/aromatic N) is 2. The van der Waals surface area contributed by atoms with Gasteiger partial charge in [-0.15, -0.1) is 0 Å². The Morgan fingerprint density at radius 2 is 2.07 bits per heavy atom. The SMILES string of the molecule is Cc1ccc2nc(NC(=O)COC(=O)c3ccc(Cl)cc3[N+](=O)[O-])sc2c1. The van der Waals surface area contributed by atoms with Crippen molar-refractivity contribution in [3.05, 3.63) is 62.7 Å². The number of benzene rings is 2. The highest BCUT2D eigenvalue weighted by atomic mass is 35.5. The van der Waals surface area contributed by atoms with E-state index in [1.807, 2.05) is 25.1 Å². The van der Waals surface area contributed by atoms with Gasteiger partial charge in [0.1, 0.15) is 5.56 Å². The second-order valence-corrected chi connectivity index (χ2v) is 7.00. The molecular formula is C17H12ClN3O5S. The van der Waals surface area contributed by atoms with Gasteiger partial charge in [0.05, 0.1) is 15.1 Å². The summed E-state index contributed by atoms with van der Waals surface area (Å²) in [4.78, 5) is 38.6. The van der Waals surface area contributed by atoms with Crippen molar-refractivity contribution in [3.8, 4) is 0 Å². The predicted molar refractivity (Wildman–Crippen MR) is 101 cm³/mol. The summed E-state index contributed by atoms with van der Waals surface area (Å²) in [5.74, 6) is -1.59. The van der Waals surface area contributed by atoms with E-state index in [1.54, 1.807) is 0 Å². The molecule has 0 radical (unpaired) electrons. The monoisotopic (exact) mass is 405 g/mol. The maximum absolute atomic E-state index is 12.1. The fourth-order valence-electron chi connectivity index (χ4n) is 2.28. The van der Waals surface area contributed by atoms with Crippen LogP contribution in [0.4, 0.5) is 10.8 Å². The second kappa shape index (κ2) is 7.68. The molecule has 0 aliphatic carbocycles. The van der Waals surface area contributed by atoms with Crippen molar-refractivity contribution < 1.29 is 19.2 Å². The highest BCUT2D eigenvalue weighted by Crippen LogP contribution is 2.27. The first kappa shape index (κ1) is 18.7. The van der Waals surface area contributed by atoms with Gasteiger partial charge >= 0.3 is 5.97 Å². The molecule has 10 heteroatoms. The maximum Gasteiger partial charge on any atom is 0.345 e. The Bertz CT molecular complexity index is 1070. The van der Waals surface area contributed by atoms with Crippen molar-refractivity contribution in [2.24, 2.45) is 0 Å². The quantitative estimate of drug-likeness (QED) is 0.390. The van der Waals surface area contributed by atoms with Crippen LogP contribution in [0.3, 0.4) is 0 Å². The van der Waals surface area contributed by atoms with E-state index >= 15 is 0 Å². The van der Waals surface area contributed by atoms with Crippen molar-refractivity contribution >= 4 is 55.8 Å². The fourth-order valence-corrected chi connectivity index (χ4v) is 3.42. The number of carbonyl (C=O) groups excluding carboxylic acids is 2. The second-order valence-electron chi connectivity index (χ2n) is 5.53. The summed E-state index contributed by atoms with van der Waals surface area (Å²) in [6.07, 6.45) is 0. The van der Waals surface area contributed by atoms with Gasteiger partial charge in [-0.25, -0.2) is 9.78 Å². The van der Waals surface area contributed by atoms with Crippen molar-refractivity contribution in [2.75, 3.05) is 11.9 Å². The van der Waals surface area contributed by atoms with Gasteiger partial charge in [0.15, 0.2) is 11.7 Å². The molecule has 8 nitrogen and oxygen atoms in total. The molecule has 0 spiro atoms.